The Morgan fingerprint density at radius 3 is 2.53 bits per heavy atom. The molecule has 1 aromatic carbocycles. The van der Waals surface area contributed by atoms with Gasteiger partial charge in [0.1, 0.15) is 17.6 Å². The van der Waals surface area contributed by atoms with Crippen molar-refractivity contribution in [3.8, 4) is 11.5 Å². The van der Waals surface area contributed by atoms with Crippen LogP contribution in [0.1, 0.15) is 20.8 Å². The summed E-state index contributed by atoms with van der Waals surface area (Å²) < 4.78 is 11.0. The van der Waals surface area contributed by atoms with Crippen LogP contribution in [0.3, 0.4) is 0 Å². The van der Waals surface area contributed by atoms with Crippen LogP contribution in [0.5, 0.6) is 11.5 Å². The molecule has 1 aromatic rings. The zero-order valence-electron chi connectivity index (χ0n) is 9.57. The van der Waals surface area contributed by atoms with E-state index in [0.717, 1.165) is 11.5 Å². The molecule has 2 atom stereocenters. The van der Waals surface area contributed by atoms with Gasteiger partial charge in [0.05, 0.1) is 6.61 Å². The molecule has 0 amide bonds. The maximum absolute atomic E-state index is 5.72. The number of ether oxygens (including phenoxy) is 2. The van der Waals surface area contributed by atoms with E-state index in [2.05, 4.69) is 0 Å². The molecular formula is C12H19NO2. The molecule has 3 nitrogen and oxygen atoms in total. The van der Waals surface area contributed by atoms with Crippen LogP contribution < -0.4 is 15.2 Å². The van der Waals surface area contributed by atoms with Crippen molar-refractivity contribution in [2.45, 2.75) is 32.9 Å². The van der Waals surface area contributed by atoms with Crippen molar-refractivity contribution in [1.82, 2.24) is 0 Å². The second-order valence-corrected chi connectivity index (χ2v) is 3.59. The number of hydrogen-bond acceptors (Lipinski definition) is 3. The first kappa shape index (κ1) is 11.9. The number of hydrogen-bond donors (Lipinski definition) is 1. The summed E-state index contributed by atoms with van der Waals surface area (Å²) in [4.78, 5) is 0. The molecule has 0 aliphatic carbocycles. The molecule has 0 heterocycles. The topological polar surface area (TPSA) is 44.5 Å². The number of benzene rings is 1. The summed E-state index contributed by atoms with van der Waals surface area (Å²) in [5.41, 5.74) is 5.72. The minimum atomic E-state index is 0.00174. The van der Waals surface area contributed by atoms with Gasteiger partial charge >= 0.3 is 0 Å². The molecular weight excluding hydrogens is 190 g/mol. The van der Waals surface area contributed by atoms with Crippen LogP contribution in [0.25, 0.3) is 0 Å². The van der Waals surface area contributed by atoms with Gasteiger partial charge in [0.15, 0.2) is 0 Å². The molecule has 84 valence electrons. The summed E-state index contributed by atoms with van der Waals surface area (Å²) in [5, 5.41) is 0. The van der Waals surface area contributed by atoms with Crippen molar-refractivity contribution >= 4 is 0 Å². The van der Waals surface area contributed by atoms with Crippen molar-refractivity contribution in [2.24, 2.45) is 5.73 Å². The summed E-state index contributed by atoms with van der Waals surface area (Å²) in [6.07, 6.45) is 0.00174. The highest BCUT2D eigenvalue weighted by molar-refractivity contribution is 5.33. The van der Waals surface area contributed by atoms with E-state index < -0.39 is 0 Å². The fourth-order valence-corrected chi connectivity index (χ4v) is 1.13. The fourth-order valence-electron chi connectivity index (χ4n) is 1.13. The van der Waals surface area contributed by atoms with Gasteiger partial charge in [-0.2, -0.15) is 0 Å². The largest absolute Gasteiger partial charge is 0.494 e. The van der Waals surface area contributed by atoms with Crippen LogP contribution in [0.4, 0.5) is 0 Å². The minimum Gasteiger partial charge on any atom is -0.494 e. The first-order chi connectivity index (χ1) is 7.13. The molecule has 1 unspecified atom stereocenters. The summed E-state index contributed by atoms with van der Waals surface area (Å²) in [6, 6.07) is 7.62. The molecule has 15 heavy (non-hydrogen) atoms. The lowest BCUT2D eigenvalue weighted by atomic mass is 10.2. The van der Waals surface area contributed by atoms with Crippen molar-refractivity contribution in [1.29, 1.82) is 0 Å². The van der Waals surface area contributed by atoms with E-state index in [-0.39, 0.29) is 12.1 Å². The quantitative estimate of drug-likeness (QED) is 0.808. The van der Waals surface area contributed by atoms with E-state index in [1.54, 1.807) is 0 Å². The zero-order valence-corrected chi connectivity index (χ0v) is 9.57. The smallest absolute Gasteiger partial charge is 0.123 e. The van der Waals surface area contributed by atoms with Crippen molar-refractivity contribution in [3.05, 3.63) is 24.3 Å². The van der Waals surface area contributed by atoms with Crippen molar-refractivity contribution in [3.63, 3.8) is 0 Å². The highest BCUT2D eigenvalue weighted by atomic mass is 16.5. The van der Waals surface area contributed by atoms with Crippen LogP contribution in [-0.2, 0) is 0 Å². The predicted octanol–water partition coefficient (Wildman–Crippen LogP) is 2.20. The average Bonchev–Trinajstić information content (AvgIpc) is 2.18. The second kappa shape index (κ2) is 5.61. The normalized spacial score (nSPS) is 14.4. The molecule has 0 aliphatic heterocycles. The molecule has 2 N–H and O–H groups in total. The fraction of sp³-hybridized carbons (Fsp3) is 0.500. The van der Waals surface area contributed by atoms with Crippen LogP contribution in [0.15, 0.2) is 24.3 Å². The monoisotopic (exact) mass is 209 g/mol. The molecule has 0 spiro atoms. The number of rotatable bonds is 5. The maximum atomic E-state index is 5.72. The van der Waals surface area contributed by atoms with E-state index >= 15 is 0 Å². The zero-order chi connectivity index (χ0) is 11.3. The van der Waals surface area contributed by atoms with Gasteiger partial charge in [-0.15, -0.1) is 0 Å². The average molecular weight is 209 g/mol. The van der Waals surface area contributed by atoms with Crippen LogP contribution >= 0.6 is 0 Å². The third kappa shape index (κ3) is 3.80. The maximum Gasteiger partial charge on any atom is 0.123 e. The Morgan fingerprint density at radius 2 is 1.93 bits per heavy atom. The predicted molar refractivity (Wildman–Crippen MR) is 61.4 cm³/mol. The van der Waals surface area contributed by atoms with Gasteiger partial charge in [-0.25, -0.2) is 0 Å². The standard InChI is InChI=1S/C12H19NO2/c1-4-14-11-6-5-7-12(8-11)15-10(3)9(2)13/h5-10H,4,13H2,1-3H3/t9-,10?/m0/s1. The minimum absolute atomic E-state index is 0.00174. The lowest BCUT2D eigenvalue weighted by Crippen LogP contribution is -2.33. The molecule has 0 aliphatic rings. The summed E-state index contributed by atoms with van der Waals surface area (Å²) in [5.74, 6) is 1.62. The summed E-state index contributed by atoms with van der Waals surface area (Å²) in [6.45, 7) is 6.50. The Labute approximate surface area is 91.2 Å². The highest BCUT2D eigenvalue weighted by Crippen LogP contribution is 2.20. The van der Waals surface area contributed by atoms with E-state index in [1.165, 1.54) is 0 Å². The Morgan fingerprint density at radius 1 is 1.27 bits per heavy atom. The Bertz CT molecular complexity index is 299. The summed E-state index contributed by atoms with van der Waals surface area (Å²) in [7, 11) is 0. The molecule has 3 heteroatoms. The third-order valence-corrected chi connectivity index (χ3v) is 2.18. The van der Waals surface area contributed by atoms with Crippen LogP contribution in [0, 0.1) is 0 Å². The molecule has 1 rings (SSSR count). The van der Waals surface area contributed by atoms with E-state index in [0.29, 0.717) is 6.61 Å². The number of nitrogens with two attached hydrogens (primary N) is 1. The van der Waals surface area contributed by atoms with Gasteiger partial charge in [-0.1, -0.05) is 6.07 Å². The first-order valence-electron chi connectivity index (χ1n) is 5.28. The molecule has 0 saturated carbocycles. The molecule has 0 aromatic heterocycles. The summed E-state index contributed by atoms with van der Waals surface area (Å²) >= 11 is 0. The van der Waals surface area contributed by atoms with Gasteiger partial charge in [0.2, 0.25) is 0 Å². The highest BCUT2D eigenvalue weighted by Gasteiger charge is 2.09. The lowest BCUT2D eigenvalue weighted by Gasteiger charge is -2.18. The van der Waals surface area contributed by atoms with E-state index in [9.17, 15) is 0 Å². The van der Waals surface area contributed by atoms with Crippen molar-refractivity contribution in [2.75, 3.05) is 6.61 Å². The van der Waals surface area contributed by atoms with Gasteiger partial charge in [0.25, 0.3) is 0 Å². The first-order valence-corrected chi connectivity index (χ1v) is 5.28. The SMILES string of the molecule is CCOc1cccc(OC(C)[C@H](C)N)c1. The van der Waals surface area contributed by atoms with Gasteiger partial charge < -0.3 is 15.2 Å². The van der Waals surface area contributed by atoms with E-state index in [1.807, 2.05) is 45.0 Å². The third-order valence-electron chi connectivity index (χ3n) is 2.18. The Kier molecular flexibility index (Phi) is 4.43. The van der Waals surface area contributed by atoms with Crippen LogP contribution in [-0.4, -0.2) is 18.8 Å². The van der Waals surface area contributed by atoms with Gasteiger partial charge in [0, 0.05) is 12.1 Å². The van der Waals surface area contributed by atoms with E-state index in [4.69, 9.17) is 15.2 Å². The lowest BCUT2D eigenvalue weighted by molar-refractivity contribution is 0.195. The molecule has 0 bridgehead atoms. The molecule has 0 radical (unpaired) electrons. The Hall–Kier alpha value is -1.22. The van der Waals surface area contributed by atoms with Crippen molar-refractivity contribution < 1.29 is 9.47 Å². The van der Waals surface area contributed by atoms with Crippen LogP contribution in [0.2, 0.25) is 0 Å². The molecule has 0 fully saturated rings. The van der Waals surface area contributed by atoms with Gasteiger partial charge in [-0.3, -0.25) is 0 Å². The van der Waals surface area contributed by atoms with Gasteiger partial charge in [-0.05, 0) is 32.9 Å². The molecule has 0 saturated heterocycles. The Balaban J connectivity index is 2.64. The second-order valence-electron chi connectivity index (χ2n) is 3.59.